The van der Waals surface area contributed by atoms with Gasteiger partial charge >= 0.3 is 0 Å². The highest BCUT2D eigenvalue weighted by atomic mass is 35.5. The molecule has 0 bridgehead atoms. The SMILES string of the molecule is Cc1cc(C)n(-c2ccccc2NC(=O)C[C@@H]2CCC[C@H]2N)n1.Cl. The van der Waals surface area contributed by atoms with Crippen LogP contribution in [0.2, 0.25) is 0 Å². The second-order valence-electron chi connectivity index (χ2n) is 6.46. The molecular formula is C18H25ClN4O. The topological polar surface area (TPSA) is 72.9 Å². The van der Waals surface area contributed by atoms with Crippen molar-refractivity contribution >= 4 is 24.0 Å². The summed E-state index contributed by atoms with van der Waals surface area (Å²) in [5, 5.41) is 7.55. The first-order chi connectivity index (χ1) is 11.0. The van der Waals surface area contributed by atoms with Crippen molar-refractivity contribution in [3.63, 3.8) is 0 Å². The summed E-state index contributed by atoms with van der Waals surface area (Å²) >= 11 is 0. The molecule has 5 nitrogen and oxygen atoms in total. The molecule has 0 radical (unpaired) electrons. The molecule has 0 saturated heterocycles. The van der Waals surface area contributed by atoms with Gasteiger partial charge in [-0.2, -0.15) is 5.10 Å². The van der Waals surface area contributed by atoms with Gasteiger partial charge in [-0.25, -0.2) is 4.68 Å². The van der Waals surface area contributed by atoms with E-state index in [-0.39, 0.29) is 24.4 Å². The number of nitrogens with one attached hydrogen (secondary N) is 1. The largest absolute Gasteiger partial charge is 0.327 e. The first kappa shape index (κ1) is 18.5. The number of aromatic nitrogens is 2. The van der Waals surface area contributed by atoms with E-state index in [2.05, 4.69) is 10.4 Å². The molecule has 0 spiro atoms. The summed E-state index contributed by atoms with van der Waals surface area (Å²) in [5.74, 6) is 0.331. The molecule has 1 fully saturated rings. The average Bonchev–Trinajstić information content (AvgIpc) is 3.05. The molecule has 1 aromatic heterocycles. The predicted octanol–water partition coefficient (Wildman–Crippen LogP) is 3.37. The molecule has 0 aliphatic heterocycles. The van der Waals surface area contributed by atoms with E-state index >= 15 is 0 Å². The summed E-state index contributed by atoms with van der Waals surface area (Å²) in [6.07, 6.45) is 3.70. The van der Waals surface area contributed by atoms with E-state index in [4.69, 9.17) is 5.73 Å². The van der Waals surface area contributed by atoms with Gasteiger partial charge < -0.3 is 11.1 Å². The van der Waals surface area contributed by atoms with Crippen LogP contribution in [-0.4, -0.2) is 21.7 Å². The fourth-order valence-electron chi connectivity index (χ4n) is 3.40. The lowest BCUT2D eigenvalue weighted by molar-refractivity contribution is -0.117. The van der Waals surface area contributed by atoms with Crippen molar-refractivity contribution in [3.8, 4) is 5.69 Å². The van der Waals surface area contributed by atoms with Crippen LogP contribution >= 0.6 is 12.4 Å². The van der Waals surface area contributed by atoms with E-state index in [1.54, 1.807) is 0 Å². The molecule has 1 aromatic carbocycles. The average molecular weight is 349 g/mol. The Balaban J connectivity index is 0.00000208. The molecule has 1 saturated carbocycles. The van der Waals surface area contributed by atoms with E-state index in [0.717, 1.165) is 42.0 Å². The Bertz CT molecular complexity index is 713. The van der Waals surface area contributed by atoms with Gasteiger partial charge in [0.2, 0.25) is 5.91 Å². The van der Waals surface area contributed by atoms with Crippen molar-refractivity contribution in [2.45, 2.75) is 45.6 Å². The number of hydrogen-bond acceptors (Lipinski definition) is 3. The van der Waals surface area contributed by atoms with Crippen molar-refractivity contribution < 1.29 is 4.79 Å². The van der Waals surface area contributed by atoms with Crippen molar-refractivity contribution in [3.05, 3.63) is 41.7 Å². The number of rotatable bonds is 4. The van der Waals surface area contributed by atoms with E-state index in [1.165, 1.54) is 0 Å². The minimum atomic E-state index is 0. The quantitative estimate of drug-likeness (QED) is 0.889. The van der Waals surface area contributed by atoms with Gasteiger partial charge in [-0.1, -0.05) is 18.6 Å². The Kier molecular flexibility index (Phi) is 6.02. The van der Waals surface area contributed by atoms with Crippen LogP contribution < -0.4 is 11.1 Å². The number of nitrogens with two attached hydrogens (primary N) is 1. The number of halogens is 1. The van der Waals surface area contributed by atoms with E-state index in [1.807, 2.05) is 48.9 Å². The third kappa shape index (κ3) is 3.97. The van der Waals surface area contributed by atoms with Crippen molar-refractivity contribution in [2.75, 3.05) is 5.32 Å². The van der Waals surface area contributed by atoms with Crippen molar-refractivity contribution in [1.29, 1.82) is 0 Å². The summed E-state index contributed by atoms with van der Waals surface area (Å²) < 4.78 is 1.87. The zero-order valence-corrected chi connectivity index (χ0v) is 15.0. The predicted molar refractivity (Wildman–Crippen MR) is 98.8 cm³/mol. The Labute approximate surface area is 149 Å². The van der Waals surface area contributed by atoms with Crippen LogP contribution in [0.1, 0.15) is 37.1 Å². The number of nitrogens with zero attached hydrogens (tertiary/aromatic N) is 2. The van der Waals surface area contributed by atoms with Crippen LogP contribution in [0.15, 0.2) is 30.3 Å². The van der Waals surface area contributed by atoms with Gasteiger partial charge in [-0.3, -0.25) is 4.79 Å². The number of anilines is 1. The summed E-state index contributed by atoms with van der Waals surface area (Å²) in [6, 6.07) is 9.94. The lowest BCUT2D eigenvalue weighted by atomic mass is 10.00. The number of carbonyl (C=O) groups excluding carboxylic acids is 1. The summed E-state index contributed by atoms with van der Waals surface area (Å²) in [5.41, 5.74) is 9.75. The number of amides is 1. The van der Waals surface area contributed by atoms with Gasteiger partial charge in [0.25, 0.3) is 0 Å². The first-order valence-corrected chi connectivity index (χ1v) is 8.22. The maximum absolute atomic E-state index is 12.4. The van der Waals surface area contributed by atoms with Crippen molar-refractivity contribution in [2.24, 2.45) is 11.7 Å². The summed E-state index contributed by atoms with van der Waals surface area (Å²) in [4.78, 5) is 12.4. The summed E-state index contributed by atoms with van der Waals surface area (Å²) in [6.45, 7) is 3.97. The molecule has 2 atom stereocenters. The molecule has 0 unspecified atom stereocenters. The minimum absolute atomic E-state index is 0. The van der Waals surface area contributed by atoms with Crippen LogP contribution in [0.4, 0.5) is 5.69 Å². The van der Waals surface area contributed by atoms with Crippen LogP contribution in [0.3, 0.4) is 0 Å². The lowest BCUT2D eigenvalue weighted by Gasteiger charge is -2.16. The van der Waals surface area contributed by atoms with Crippen LogP contribution in [0.25, 0.3) is 5.69 Å². The number of carbonyl (C=O) groups is 1. The molecule has 3 rings (SSSR count). The molecule has 1 aliphatic rings. The highest BCUT2D eigenvalue weighted by Gasteiger charge is 2.26. The second-order valence-corrected chi connectivity index (χ2v) is 6.46. The van der Waals surface area contributed by atoms with E-state index in [9.17, 15) is 4.79 Å². The molecule has 1 heterocycles. The third-order valence-electron chi connectivity index (χ3n) is 4.58. The lowest BCUT2D eigenvalue weighted by Crippen LogP contribution is -2.28. The zero-order valence-electron chi connectivity index (χ0n) is 14.2. The Hall–Kier alpha value is -1.85. The molecule has 2 aromatic rings. The van der Waals surface area contributed by atoms with Gasteiger partial charge in [0.1, 0.15) is 0 Å². The monoisotopic (exact) mass is 348 g/mol. The Morgan fingerprint density at radius 3 is 2.71 bits per heavy atom. The fourth-order valence-corrected chi connectivity index (χ4v) is 3.40. The minimum Gasteiger partial charge on any atom is -0.327 e. The number of hydrogen-bond donors (Lipinski definition) is 2. The number of aryl methyl sites for hydroxylation is 2. The molecule has 130 valence electrons. The molecule has 24 heavy (non-hydrogen) atoms. The number of para-hydroxylation sites is 2. The molecule has 1 amide bonds. The van der Waals surface area contributed by atoms with Gasteiger partial charge in [-0.05, 0) is 50.8 Å². The second kappa shape index (κ2) is 7.81. The maximum Gasteiger partial charge on any atom is 0.224 e. The van der Waals surface area contributed by atoms with Crippen LogP contribution in [0.5, 0.6) is 0 Å². The Morgan fingerprint density at radius 1 is 1.33 bits per heavy atom. The van der Waals surface area contributed by atoms with Gasteiger partial charge in [0, 0.05) is 18.2 Å². The fraction of sp³-hybridized carbons (Fsp3) is 0.444. The van der Waals surface area contributed by atoms with Gasteiger partial charge in [0.05, 0.1) is 17.1 Å². The van der Waals surface area contributed by atoms with E-state index < -0.39 is 0 Å². The third-order valence-corrected chi connectivity index (χ3v) is 4.58. The molecule has 3 N–H and O–H groups in total. The Morgan fingerprint density at radius 2 is 2.08 bits per heavy atom. The summed E-state index contributed by atoms with van der Waals surface area (Å²) in [7, 11) is 0. The molecule has 6 heteroatoms. The van der Waals surface area contributed by atoms with Gasteiger partial charge in [-0.15, -0.1) is 12.4 Å². The van der Waals surface area contributed by atoms with Crippen molar-refractivity contribution in [1.82, 2.24) is 9.78 Å². The highest BCUT2D eigenvalue weighted by Crippen LogP contribution is 2.28. The molecular weight excluding hydrogens is 324 g/mol. The maximum atomic E-state index is 12.4. The zero-order chi connectivity index (χ0) is 16.4. The number of benzene rings is 1. The normalized spacial score (nSPS) is 19.8. The van der Waals surface area contributed by atoms with Crippen LogP contribution in [-0.2, 0) is 4.79 Å². The van der Waals surface area contributed by atoms with Crippen LogP contribution in [0, 0.1) is 19.8 Å². The first-order valence-electron chi connectivity index (χ1n) is 8.22. The standard InChI is InChI=1S/C18H24N4O.ClH/c1-12-10-13(2)22(21-12)17-9-4-3-8-16(17)20-18(23)11-14-6-5-7-15(14)19;/h3-4,8-10,14-15H,5-7,11,19H2,1-2H3,(H,20,23);1H/t14-,15+;/m0./s1. The highest BCUT2D eigenvalue weighted by molar-refractivity contribution is 5.93. The van der Waals surface area contributed by atoms with E-state index in [0.29, 0.717) is 12.3 Å². The smallest absolute Gasteiger partial charge is 0.224 e. The van der Waals surface area contributed by atoms with Gasteiger partial charge in [0.15, 0.2) is 0 Å². The molecule has 1 aliphatic carbocycles.